The zero-order valence-corrected chi connectivity index (χ0v) is 11.1. The fraction of sp³-hybridized carbons (Fsp3) is 0.917. The van der Waals surface area contributed by atoms with E-state index in [4.69, 9.17) is 9.47 Å². The summed E-state index contributed by atoms with van der Waals surface area (Å²) in [5.41, 5.74) is 0. The molecule has 0 aromatic heterocycles. The van der Waals surface area contributed by atoms with E-state index in [0.29, 0.717) is 19.8 Å². The average Bonchev–Trinajstić information content (AvgIpc) is 2.83. The number of carbonyl (C=O) groups excluding carboxylic acids is 1. The highest BCUT2D eigenvalue weighted by Gasteiger charge is 2.29. The highest BCUT2D eigenvalue weighted by molar-refractivity contribution is 5.82. The standard InChI is InChI=1S/C12H24N2O3/c1-10(9-17-3)14(7-8-16-2)12(15)11-5-4-6-13-11/h10-11,13H,4-9H2,1-3H3. The second kappa shape index (κ2) is 7.63. The van der Waals surface area contributed by atoms with Crippen LogP contribution in [0.1, 0.15) is 19.8 Å². The zero-order valence-electron chi connectivity index (χ0n) is 11.1. The van der Waals surface area contributed by atoms with Gasteiger partial charge in [-0.15, -0.1) is 0 Å². The lowest BCUT2D eigenvalue weighted by molar-refractivity contribution is -0.136. The molecular formula is C12H24N2O3. The van der Waals surface area contributed by atoms with E-state index in [9.17, 15) is 4.79 Å². The second-order valence-electron chi connectivity index (χ2n) is 4.48. The molecule has 17 heavy (non-hydrogen) atoms. The van der Waals surface area contributed by atoms with Crippen molar-refractivity contribution in [1.29, 1.82) is 0 Å². The summed E-state index contributed by atoms with van der Waals surface area (Å²) in [6, 6.07) is 0.0659. The Morgan fingerprint density at radius 1 is 1.47 bits per heavy atom. The maximum Gasteiger partial charge on any atom is 0.240 e. The monoisotopic (exact) mass is 244 g/mol. The van der Waals surface area contributed by atoms with Gasteiger partial charge < -0.3 is 19.7 Å². The maximum atomic E-state index is 12.3. The Bertz CT molecular complexity index is 230. The number of nitrogens with one attached hydrogen (secondary N) is 1. The Balaban J connectivity index is 2.56. The van der Waals surface area contributed by atoms with E-state index in [1.165, 1.54) is 0 Å². The van der Waals surface area contributed by atoms with E-state index in [1.54, 1.807) is 14.2 Å². The normalized spacial score (nSPS) is 21.5. The third-order valence-corrected chi connectivity index (χ3v) is 3.12. The lowest BCUT2D eigenvalue weighted by Crippen LogP contribution is -2.50. The molecule has 2 unspecified atom stereocenters. The van der Waals surface area contributed by atoms with Gasteiger partial charge in [0.15, 0.2) is 0 Å². The van der Waals surface area contributed by atoms with Crippen LogP contribution in [0.3, 0.4) is 0 Å². The first-order valence-electron chi connectivity index (χ1n) is 6.22. The van der Waals surface area contributed by atoms with Crippen molar-refractivity contribution >= 4 is 5.91 Å². The molecule has 1 rings (SSSR count). The molecule has 1 heterocycles. The van der Waals surface area contributed by atoms with E-state index in [0.717, 1.165) is 19.4 Å². The smallest absolute Gasteiger partial charge is 0.240 e. The van der Waals surface area contributed by atoms with Gasteiger partial charge in [-0.1, -0.05) is 0 Å². The predicted octanol–water partition coefficient (Wildman–Crippen LogP) is 0.248. The molecule has 100 valence electrons. The van der Waals surface area contributed by atoms with Crippen LogP contribution in [0.4, 0.5) is 0 Å². The summed E-state index contributed by atoms with van der Waals surface area (Å²) in [5.74, 6) is 0.170. The Kier molecular flexibility index (Phi) is 6.47. The third-order valence-electron chi connectivity index (χ3n) is 3.12. The van der Waals surface area contributed by atoms with Crippen molar-refractivity contribution in [3.63, 3.8) is 0 Å². The van der Waals surface area contributed by atoms with Crippen LogP contribution in [0.25, 0.3) is 0 Å². The van der Waals surface area contributed by atoms with Crippen LogP contribution in [-0.4, -0.2) is 63.4 Å². The van der Waals surface area contributed by atoms with Crippen LogP contribution in [0.2, 0.25) is 0 Å². The number of nitrogens with zero attached hydrogens (tertiary/aromatic N) is 1. The number of ether oxygens (including phenoxy) is 2. The van der Waals surface area contributed by atoms with Gasteiger partial charge in [-0.05, 0) is 26.3 Å². The van der Waals surface area contributed by atoms with Crippen LogP contribution >= 0.6 is 0 Å². The number of amides is 1. The molecule has 1 aliphatic heterocycles. The molecule has 0 spiro atoms. The van der Waals surface area contributed by atoms with Gasteiger partial charge in [0, 0.05) is 20.8 Å². The van der Waals surface area contributed by atoms with E-state index in [2.05, 4.69) is 5.32 Å². The number of methoxy groups -OCH3 is 2. The van der Waals surface area contributed by atoms with Crippen LogP contribution in [0.15, 0.2) is 0 Å². The van der Waals surface area contributed by atoms with E-state index in [1.807, 2.05) is 11.8 Å². The molecule has 0 radical (unpaired) electrons. The summed E-state index contributed by atoms with van der Waals surface area (Å²) in [7, 11) is 3.31. The van der Waals surface area contributed by atoms with Crippen molar-refractivity contribution in [2.75, 3.05) is 40.5 Å². The molecular weight excluding hydrogens is 220 g/mol. The van der Waals surface area contributed by atoms with Gasteiger partial charge in [-0.3, -0.25) is 4.79 Å². The Morgan fingerprint density at radius 2 is 2.24 bits per heavy atom. The Morgan fingerprint density at radius 3 is 2.76 bits per heavy atom. The molecule has 1 saturated heterocycles. The lowest BCUT2D eigenvalue weighted by Gasteiger charge is -2.31. The van der Waals surface area contributed by atoms with Crippen molar-refractivity contribution < 1.29 is 14.3 Å². The molecule has 5 nitrogen and oxygen atoms in total. The van der Waals surface area contributed by atoms with Crippen LogP contribution in [0, 0.1) is 0 Å². The summed E-state index contributed by atoms with van der Waals surface area (Å²) in [6.07, 6.45) is 2.01. The Labute approximate surface area is 103 Å². The molecule has 1 N–H and O–H groups in total. The van der Waals surface area contributed by atoms with Crippen molar-refractivity contribution in [2.45, 2.75) is 31.8 Å². The van der Waals surface area contributed by atoms with Crippen LogP contribution in [-0.2, 0) is 14.3 Å². The van der Waals surface area contributed by atoms with Crippen molar-refractivity contribution in [3.8, 4) is 0 Å². The van der Waals surface area contributed by atoms with Crippen LogP contribution in [0.5, 0.6) is 0 Å². The SMILES string of the molecule is COCCN(C(=O)C1CCCN1)C(C)COC. The van der Waals surface area contributed by atoms with E-state index in [-0.39, 0.29) is 18.0 Å². The number of hydrogen-bond donors (Lipinski definition) is 1. The fourth-order valence-corrected chi connectivity index (χ4v) is 2.16. The molecule has 0 aromatic rings. The van der Waals surface area contributed by atoms with Gasteiger partial charge in [0.25, 0.3) is 0 Å². The molecule has 0 bridgehead atoms. The van der Waals surface area contributed by atoms with Gasteiger partial charge in [-0.25, -0.2) is 0 Å². The minimum atomic E-state index is -0.0221. The van der Waals surface area contributed by atoms with E-state index >= 15 is 0 Å². The first-order chi connectivity index (χ1) is 8.20. The quantitative estimate of drug-likeness (QED) is 0.697. The molecule has 5 heteroatoms. The summed E-state index contributed by atoms with van der Waals surface area (Å²) in [6.45, 7) is 4.69. The van der Waals surface area contributed by atoms with Gasteiger partial charge in [0.05, 0.1) is 25.3 Å². The molecule has 0 aromatic carbocycles. The highest BCUT2D eigenvalue weighted by Crippen LogP contribution is 2.11. The van der Waals surface area contributed by atoms with Gasteiger partial charge in [0.2, 0.25) is 5.91 Å². The third kappa shape index (κ3) is 4.26. The van der Waals surface area contributed by atoms with Crippen molar-refractivity contribution in [2.24, 2.45) is 0 Å². The second-order valence-corrected chi connectivity index (χ2v) is 4.48. The summed E-state index contributed by atoms with van der Waals surface area (Å²) < 4.78 is 10.2. The number of carbonyl (C=O) groups is 1. The summed E-state index contributed by atoms with van der Waals surface area (Å²) >= 11 is 0. The van der Waals surface area contributed by atoms with Crippen LogP contribution < -0.4 is 5.32 Å². The topological polar surface area (TPSA) is 50.8 Å². The average molecular weight is 244 g/mol. The molecule has 0 saturated carbocycles. The highest BCUT2D eigenvalue weighted by atomic mass is 16.5. The zero-order chi connectivity index (χ0) is 12.7. The van der Waals surface area contributed by atoms with Crippen molar-refractivity contribution in [1.82, 2.24) is 10.2 Å². The predicted molar refractivity (Wildman–Crippen MR) is 66.0 cm³/mol. The number of rotatable bonds is 7. The summed E-state index contributed by atoms with van der Waals surface area (Å²) in [4.78, 5) is 14.2. The first kappa shape index (κ1) is 14.4. The molecule has 1 fully saturated rings. The largest absolute Gasteiger partial charge is 0.383 e. The summed E-state index contributed by atoms with van der Waals surface area (Å²) in [5, 5.41) is 3.24. The maximum absolute atomic E-state index is 12.3. The molecule has 0 aliphatic carbocycles. The molecule has 2 atom stereocenters. The lowest BCUT2D eigenvalue weighted by atomic mass is 10.1. The minimum Gasteiger partial charge on any atom is -0.383 e. The van der Waals surface area contributed by atoms with Gasteiger partial charge in [0.1, 0.15) is 0 Å². The minimum absolute atomic E-state index is 0.0221. The first-order valence-corrected chi connectivity index (χ1v) is 6.22. The van der Waals surface area contributed by atoms with E-state index < -0.39 is 0 Å². The fourth-order valence-electron chi connectivity index (χ4n) is 2.16. The Hall–Kier alpha value is -0.650. The number of hydrogen-bond acceptors (Lipinski definition) is 4. The molecule has 1 aliphatic rings. The molecule has 1 amide bonds. The van der Waals surface area contributed by atoms with Crippen molar-refractivity contribution in [3.05, 3.63) is 0 Å². The van der Waals surface area contributed by atoms with Gasteiger partial charge >= 0.3 is 0 Å². The van der Waals surface area contributed by atoms with Gasteiger partial charge in [-0.2, -0.15) is 0 Å².